The van der Waals surface area contributed by atoms with Gasteiger partial charge in [-0.05, 0) is 66.9 Å². The molecular formula is C30H29NO7. The molecule has 0 radical (unpaired) electrons. The Kier molecular flexibility index (Phi) is 7.60. The number of benzene rings is 3. The van der Waals surface area contributed by atoms with E-state index >= 15 is 0 Å². The fraction of sp³-hybridized carbons (Fsp3) is 0.267. The average Bonchev–Trinajstić information content (AvgIpc) is 2.96. The highest BCUT2D eigenvalue weighted by Crippen LogP contribution is 2.33. The van der Waals surface area contributed by atoms with E-state index < -0.39 is 5.97 Å². The Morgan fingerprint density at radius 3 is 2.50 bits per heavy atom. The molecule has 38 heavy (non-hydrogen) atoms. The molecule has 0 unspecified atom stereocenters. The van der Waals surface area contributed by atoms with Gasteiger partial charge in [0.15, 0.2) is 0 Å². The molecule has 0 atom stereocenters. The van der Waals surface area contributed by atoms with Crippen LogP contribution in [0.1, 0.15) is 34.8 Å². The quantitative estimate of drug-likeness (QED) is 0.268. The minimum absolute atomic E-state index is 0.0619. The van der Waals surface area contributed by atoms with Crippen molar-refractivity contribution in [3.63, 3.8) is 0 Å². The zero-order chi connectivity index (χ0) is 26.5. The first-order valence-electron chi connectivity index (χ1n) is 12.6. The summed E-state index contributed by atoms with van der Waals surface area (Å²) in [5.74, 6) is 1.62. The van der Waals surface area contributed by atoms with Crippen LogP contribution in [-0.4, -0.2) is 37.9 Å². The van der Waals surface area contributed by atoms with Crippen LogP contribution in [0.15, 0.2) is 76.1 Å². The second-order valence-corrected chi connectivity index (χ2v) is 9.03. The van der Waals surface area contributed by atoms with Crippen molar-refractivity contribution in [1.29, 1.82) is 0 Å². The number of hydrogen-bond donors (Lipinski definition) is 0. The molecule has 1 aliphatic rings. The van der Waals surface area contributed by atoms with Crippen molar-refractivity contribution in [2.75, 3.05) is 27.0 Å². The van der Waals surface area contributed by atoms with Gasteiger partial charge in [-0.15, -0.1) is 0 Å². The normalized spacial score (nSPS) is 13.0. The number of hydrogen-bond acceptors (Lipinski definition) is 8. The summed E-state index contributed by atoms with van der Waals surface area (Å²) in [6.07, 6.45) is 2.93. The van der Waals surface area contributed by atoms with Crippen molar-refractivity contribution in [1.82, 2.24) is 4.90 Å². The summed E-state index contributed by atoms with van der Waals surface area (Å²) in [5, 5.41) is 0.418. The van der Waals surface area contributed by atoms with Crippen LogP contribution in [0, 0.1) is 0 Å². The van der Waals surface area contributed by atoms with E-state index in [-0.39, 0.29) is 11.2 Å². The van der Waals surface area contributed by atoms with Crippen LogP contribution in [0.5, 0.6) is 23.0 Å². The third-order valence-electron chi connectivity index (χ3n) is 6.38. The number of esters is 1. The minimum Gasteiger partial charge on any atom is -0.497 e. The van der Waals surface area contributed by atoms with Gasteiger partial charge in [-0.1, -0.05) is 19.1 Å². The third kappa shape index (κ3) is 5.50. The van der Waals surface area contributed by atoms with Crippen molar-refractivity contribution in [2.24, 2.45) is 0 Å². The Morgan fingerprint density at radius 2 is 1.76 bits per heavy atom. The van der Waals surface area contributed by atoms with E-state index in [2.05, 4.69) is 17.0 Å². The lowest BCUT2D eigenvalue weighted by molar-refractivity contribution is 0.0505. The molecule has 0 spiro atoms. The molecule has 4 aromatic rings. The maximum atomic E-state index is 13.2. The topological polar surface area (TPSA) is 87.4 Å². The van der Waals surface area contributed by atoms with Crippen molar-refractivity contribution in [2.45, 2.75) is 26.3 Å². The molecule has 0 N–H and O–H groups in total. The van der Waals surface area contributed by atoms with Crippen LogP contribution in [0.4, 0.5) is 0 Å². The summed E-state index contributed by atoms with van der Waals surface area (Å²) < 4.78 is 28.0. The SMILES string of the molecule is CCCOC(=O)c1ccc(Oc2coc3c4c(ccc3c2=O)OCN(CCc2ccc(OC)cc2)C4)cc1. The second-order valence-electron chi connectivity index (χ2n) is 9.03. The van der Waals surface area contributed by atoms with Crippen LogP contribution in [-0.2, 0) is 17.7 Å². The third-order valence-corrected chi connectivity index (χ3v) is 6.38. The van der Waals surface area contributed by atoms with Gasteiger partial charge in [0.05, 0.1) is 30.2 Å². The van der Waals surface area contributed by atoms with E-state index in [9.17, 15) is 9.59 Å². The van der Waals surface area contributed by atoms with Gasteiger partial charge in [-0.25, -0.2) is 4.79 Å². The first kappa shape index (κ1) is 25.4. The molecule has 0 aliphatic carbocycles. The number of methoxy groups -OCH3 is 1. The molecule has 0 saturated carbocycles. The molecule has 8 heteroatoms. The van der Waals surface area contributed by atoms with Crippen molar-refractivity contribution in [3.8, 4) is 23.0 Å². The Morgan fingerprint density at radius 1 is 1.00 bits per heavy atom. The van der Waals surface area contributed by atoms with Gasteiger partial charge in [0.1, 0.15) is 35.8 Å². The van der Waals surface area contributed by atoms with Crippen LogP contribution >= 0.6 is 0 Å². The molecule has 5 rings (SSSR count). The summed E-state index contributed by atoms with van der Waals surface area (Å²) in [6.45, 7) is 4.14. The lowest BCUT2D eigenvalue weighted by Crippen LogP contribution is -2.33. The molecule has 1 aromatic heterocycles. The molecule has 0 amide bonds. The Balaban J connectivity index is 1.30. The Labute approximate surface area is 220 Å². The highest BCUT2D eigenvalue weighted by molar-refractivity contribution is 5.89. The van der Waals surface area contributed by atoms with Gasteiger partial charge < -0.3 is 23.4 Å². The molecule has 1 aliphatic heterocycles. The summed E-state index contributed by atoms with van der Waals surface area (Å²) in [6, 6.07) is 18.0. The highest BCUT2D eigenvalue weighted by Gasteiger charge is 2.23. The Hall–Kier alpha value is -4.30. The van der Waals surface area contributed by atoms with Gasteiger partial charge in [-0.3, -0.25) is 9.69 Å². The first-order valence-corrected chi connectivity index (χ1v) is 12.6. The zero-order valence-electron chi connectivity index (χ0n) is 21.4. The second kappa shape index (κ2) is 11.4. The molecule has 8 nitrogen and oxygen atoms in total. The van der Waals surface area contributed by atoms with Gasteiger partial charge in [-0.2, -0.15) is 0 Å². The van der Waals surface area contributed by atoms with E-state index in [0.717, 1.165) is 30.7 Å². The van der Waals surface area contributed by atoms with E-state index in [4.69, 9.17) is 23.4 Å². The summed E-state index contributed by atoms with van der Waals surface area (Å²) in [5.41, 5.74) is 2.66. The van der Waals surface area contributed by atoms with E-state index in [0.29, 0.717) is 47.9 Å². The Bertz CT molecular complexity index is 1480. The first-order chi connectivity index (χ1) is 18.6. The number of rotatable bonds is 9. The van der Waals surface area contributed by atoms with Crippen LogP contribution in [0.3, 0.4) is 0 Å². The number of carbonyl (C=O) groups excluding carboxylic acids is 1. The van der Waals surface area contributed by atoms with E-state index in [1.54, 1.807) is 43.5 Å². The predicted molar refractivity (Wildman–Crippen MR) is 142 cm³/mol. The number of carbonyl (C=O) groups is 1. The van der Waals surface area contributed by atoms with Crippen LogP contribution in [0.25, 0.3) is 11.0 Å². The number of ether oxygens (including phenoxy) is 4. The van der Waals surface area contributed by atoms with Crippen molar-refractivity contribution < 1.29 is 28.2 Å². The molecule has 0 saturated heterocycles. The maximum absolute atomic E-state index is 13.2. The van der Waals surface area contributed by atoms with E-state index in [1.165, 1.54) is 11.8 Å². The lowest BCUT2D eigenvalue weighted by Gasteiger charge is -2.29. The number of fused-ring (bicyclic) bond motifs is 3. The zero-order valence-corrected chi connectivity index (χ0v) is 21.4. The van der Waals surface area contributed by atoms with Crippen LogP contribution in [0.2, 0.25) is 0 Å². The largest absolute Gasteiger partial charge is 0.497 e. The fourth-order valence-corrected chi connectivity index (χ4v) is 4.29. The van der Waals surface area contributed by atoms with Crippen LogP contribution < -0.4 is 19.6 Å². The van der Waals surface area contributed by atoms with E-state index in [1.807, 2.05) is 19.1 Å². The molecule has 0 fully saturated rings. The van der Waals surface area contributed by atoms with Gasteiger partial charge in [0.2, 0.25) is 11.2 Å². The number of nitrogens with zero attached hydrogens (tertiary/aromatic N) is 1. The highest BCUT2D eigenvalue weighted by atomic mass is 16.5. The molecule has 196 valence electrons. The predicted octanol–water partition coefficient (Wildman–Crippen LogP) is 5.56. The maximum Gasteiger partial charge on any atom is 0.338 e. The molecule has 3 aromatic carbocycles. The molecule has 0 bridgehead atoms. The summed E-state index contributed by atoms with van der Waals surface area (Å²) >= 11 is 0. The summed E-state index contributed by atoms with van der Waals surface area (Å²) in [7, 11) is 1.65. The standard InChI is InChI=1S/C30H29NO7/c1-3-16-35-30(33)21-6-10-23(11-7-21)38-27-18-36-29-24(28(27)32)12-13-26-25(29)17-31(19-37-26)15-14-20-4-8-22(34-2)9-5-20/h4-13,18H,3,14-17,19H2,1-2H3. The van der Waals surface area contributed by atoms with Crippen molar-refractivity contribution >= 4 is 16.9 Å². The van der Waals surface area contributed by atoms with Crippen molar-refractivity contribution in [3.05, 3.63) is 93.8 Å². The molecular weight excluding hydrogens is 486 g/mol. The minimum atomic E-state index is -0.395. The van der Waals surface area contributed by atoms with Gasteiger partial charge >= 0.3 is 5.97 Å². The lowest BCUT2D eigenvalue weighted by atomic mass is 10.1. The monoisotopic (exact) mass is 515 g/mol. The van der Waals surface area contributed by atoms with Gasteiger partial charge in [0, 0.05) is 13.1 Å². The average molecular weight is 516 g/mol. The fourth-order valence-electron chi connectivity index (χ4n) is 4.29. The smallest absolute Gasteiger partial charge is 0.338 e. The van der Waals surface area contributed by atoms with Gasteiger partial charge in [0.25, 0.3) is 0 Å². The molecule has 2 heterocycles. The summed E-state index contributed by atoms with van der Waals surface area (Å²) in [4.78, 5) is 27.4.